The Morgan fingerprint density at radius 3 is 0.423 bits per heavy atom. The summed E-state index contributed by atoms with van der Waals surface area (Å²) in [5.74, 6) is 0. The molecule has 0 aliphatic carbocycles. The molecule has 1 heterocycles. The fraction of sp³-hybridized carbons (Fsp3) is 0.314. The van der Waals surface area contributed by atoms with Crippen molar-refractivity contribution in [3.8, 4) is 0 Å². The number of benzene rings is 8. The zero-order valence-electron chi connectivity index (χ0n) is 46.0. The molecule has 0 unspecified atom stereocenters. The summed E-state index contributed by atoms with van der Waals surface area (Å²) in [6.45, 7) is 0. The normalized spacial score (nSPS) is 21.9. The van der Waals surface area contributed by atoms with Crippen LogP contribution in [0.15, 0.2) is 243 Å². The minimum absolute atomic E-state index is 1.12. The van der Waals surface area contributed by atoms with Crippen molar-refractivity contribution in [1.29, 1.82) is 0 Å². The van der Waals surface area contributed by atoms with Crippen molar-refractivity contribution in [3.05, 3.63) is 287 Å². The molecule has 0 bridgehead atoms. The molecule has 0 aromatic heterocycles. The monoisotopic (exact) mass is 1360 g/mol. The van der Waals surface area contributed by atoms with Gasteiger partial charge in [0.25, 0.3) is 0 Å². The Morgan fingerprint density at radius 1 is 0.179 bits per heavy atom. The maximum absolute atomic E-state index is 5.09. The first kappa shape index (κ1) is 60.0. The van der Waals surface area contributed by atoms with Crippen LogP contribution in [0, 0.1) is 0 Å². The van der Waals surface area contributed by atoms with Gasteiger partial charge in [0.15, 0.2) is 0 Å². The third-order valence-corrected chi connectivity index (χ3v) is 52.8. The fourth-order valence-corrected chi connectivity index (χ4v) is 48.2. The second-order valence-corrected chi connectivity index (χ2v) is 69.1. The number of rotatable bonds is 16. The van der Waals surface area contributed by atoms with Gasteiger partial charge in [-0.2, -0.15) is 0 Å². The van der Waals surface area contributed by atoms with E-state index in [2.05, 4.69) is 243 Å². The molecule has 1 aliphatic rings. The summed E-state index contributed by atoms with van der Waals surface area (Å²) >= 11 is 20.4. The molecular weight excluding hydrogens is 1280 g/mol. The van der Waals surface area contributed by atoms with Crippen LogP contribution in [0.2, 0.25) is 0 Å². The Balaban J connectivity index is 1.19. The predicted molar refractivity (Wildman–Crippen MR) is 371 cm³/mol. The van der Waals surface area contributed by atoms with E-state index in [1.165, 1.54) is 132 Å². The van der Waals surface area contributed by atoms with Crippen molar-refractivity contribution in [3.63, 3.8) is 0 Å². The van der Waals surface area contributed by atoms with Crippen LogP contribution in [0.3, 0.4) is 0 Å². The van der Waals surface area contributed by atoms with Crippen LogP contribution in [0.5, 0.6) is 0 Å². The molecule has 0 N–H and O–H groups in total. The molecule has 1 fully saturated rings. The van der Waals surface area contributed by atoms with Crippen LogP contribution in [-0.2, 0) is 49.3 Å². The van der Waals surface area contributed by atoms with Crippen molar-refractivity contribution < 1.29 is 0 Å². The van der Waals surface area contributed by atoms with Gasteiger partial charge in [-0.25, -0.2) is 0 Å². The third kappa shape index (κ3) is 16.8. The van der Waals surface area contributed by atoms with Crippen LogP contribution in [0.25, 0.3) is 0 Å². The summed E-state index contributed by atoms with van der Waals surface area (Å²) < 4.78 is 0. The molecule has 8 aromatic carbocycles. The average Bonchev–Trinajstić information content (AvgIpc) is 3.47. The van der Waals surface area contributed by atoms with Gasteiger partial charge in [-0.1, -0.05) is 0 Å². The van der Waals surface area contributed by atoms with Gasteiger partial charge in [0.1, 0.15) is 0 Å². The first-order chi connectivity index (χ1) is 37.6. The Kier molecular flexibility index (Phi) is 20.3. The number of halogens is 4. The Labute approximate surface area is 502 Å². The van der Waals surface area contributed by atoms with Crippen LogP contribution in [-0.4, -0.2) is 49.3 Å². The molecule has 9 rings (SSSR count). The van der Waals surface area contributed by atoms with E-state index in [1.807, 2.05) is 0 Å². The van der Waals surface area contributed by atoms with Gasteiger partial charge in [-0.3, -0.25) is 0 Å². The van der Waals surface area contributed by atoms with Gasteiger partial charge >= 0.3 is 507 Å². The van der Waals surface area contributed by atoms with Gasteiger partial charge in [-0.15, -0.1) is 0 Å². The molecular formula is C70H84Br4P4. The predicted octanol–water partition coefficient (Wildman–Crippen LogP) is 23.4. The van der Waals surface area contributed by atoms with Crippen molar-refractivity contribution in [2.75, 3.05) is 49.3 Å². The molecule has 0 radical (unpaired) electrons. The van der Waals surface area contributed by atoms with Crippen molar-refractivity contribution >= 4 is 83.2 Å². The molecule has 0 nitrogen and oxygen atoms in total. The Bertz CT molecular complexity index is 2490. The zero-order valence-corrected chi connectivity index (χ0v) is 55.9. The van der Waals surface area contributed by atoms with Crippen LogP contribution >= 0.6 is 83.2 Å². The van der Waals surface area contributed by atoms with E-state index in [0.29, 0.717) is 0 Å². The van der Waals surface area contributed by atoms with E-state index in [0.717, 1.165) is 49.3 Å². The Morgan fingerprint density at radius 2 is 0.295 bits per heavy atom. The summed E-state index contributed by atoms with van der Waals surface area (Å²) in [5.41, 5.74) is 11.8. The van der Waals surface area contributed by atoms with Gasteiger partial charge in [0.05, 0.1) is 0 Å². The molecule has 412 valence electrons. The van der Waals surface area contributed by atoms with Crippen molar-refractivity contribution in [2.24, 2.45) is 0 Å². The summed E-state index contributed by atoms with van der Waals surface area (Å²) in [5, 5.41) is -10.9. The Hall–Kier alpha value is -2.60. The van der Waals surface area contributed by atoms with Crippen molar-refractivity contribution in [2.45, 2.75) is 87.8 Å². The van der Waals surface area contributed by atoms with Gasteiger partial charge < -0.3 is 0 Å². The second-order valence-electron chi connectivity index (χ2n) is 24.3. The summed E-state index contributed by atoms with van der Waals surface area (Å²) in [6, 6.07) is 92.7. The van der Waals surface area contributed by atoms with Gasteiger partial charge in [0, 0.05) is 0 Å². The average molecular weight is 1370 g/mol. The summed E-state index contributed by atoms with van der Waals surface area (Å²) in [4.78, 5) is 0. The molecule has 1 aliphatic heterocycles. The molecule has 0 amide bonds. The molecule has 0 atom stereocenters. The van der Waals surface area contributed by atoms with Crippen molar-refractivity contribution in [1.82, 2.24) is 0 Å². The maximum atomic E-state index is 5.09. The van der Waals surface area contributed by atoms with E-state index in [-0.39, 0.29) is 0 Å². The molecule has 0 spiro atoms. The minimum atomic E-state index is -2.73. The van der Waals surface area contributed by atoms with Crippen LogP contribution in [0.4, 0.5) is 0 Å². The number of hydrogen-bond acceptors (Lipinski definition) is 0. The summed E-state index contributed by atoms with van der Waals surface area (Å²) in [7, 11) is 0. The first-order valence-corrected chi connectivity index (χ1v) is 48.8. The third-order valence-electron chi connectivity index (χ3n) is 17.6. The molecule has 8 aromatic rings. The molecule has 0 saturated carbocycles. The van der Waals surface area contributed by atoms with Crippen LogP contribution in [0.1, 0.15) is 83.0 Å². The summed E-state index contributed by atoms with van der Waals surface area (Å²) in [6.07, 6.45) is 26.0. The van der Waals surface area contributed by atoms with Crippen LogP contribution < -0.4 is 0 Å². The first-order valence-electron chi connectivity index (χ1n) is 28.8. The quantitative estimate of drug-likeness (QED) is 0.0846. The number of hydrogen-bond donors (Lipinski definition) is 0. The molecule has 1 saturated heterocycles. The van der Waals surface area contributed by atoms with E-state index < -0.39 is 21.2 Å². The fourth-order valence-electron chi connectivity index (χ4n) is 14.0. The topological polar surface area (TPSA) is 0 Å². The van der Waals surface area contributed by atoms with E-state index in [9.17, 15) is 0 Å². The van der Waals surface area contributed by atoms with E-state index in [4.69, 9.17) is 62.0 Å². The van der Waals surface area contributed by atoms with E-state index >= 15 is 0 Å². The molecule has 8 heteroatoms. The SMILES string of the molecule is BrP1(Cc2ccccc2)(Cc2ccccc2)CCCCP(Br)(Cc2ccccc2)(Cc2ccccc2)CCCP(Br)(Cc2ccccc2)(Cc2ccccc2)CCCCP(Br)(Cc2ccccc2)(Cc2ccccc2)CCC1. The zero-order chi connectivity index (χ0) is 54.2. The van der Waals surface area contributed by atoms with E-state index in [1.54, 1.807) is 0 Å². The van der Waals surface area contributed by atoms with Gasteiger partial charge in [0.2, 0.25) is 0 Å². The molecule has 78 heavy (non-hydrogen) atoms. The standard InChI is InChI=1S/C70H84Br4P4/c71-75(55-63-31-9-1-10-32-63,56-64-33-11-2-12-34-64)47-25-26-48-77(73,59-67-39-17-5-18-40-67,60-68-41-19-6-20-42-68)53-30-54-78(74,61-69-43-21-7-22-44-69,62-70-45-23-8-24-46-70)50-28-27-49-76(72,52-29-51-75,57-65-35-13-3-14-36-65)58-66-37-15-4-16-38-66/h1-24,31-46H,25-30,47-62H2. The van der Waals surface area contributed by atoms with Gasteiger partial charge in [-0.05, 0) is 0 Å². The second kappa shape index (κ2) is 26.3.